The number of amides is 1. The SMILES string of the molecule is C=CCNC(=O)c1cnc(N2CCCCCC2)cn1. The van der Waals surface area contributed by atoms with Crippen LogP contribution in [-0.4, -0.2) is 35.5 Å². The maximum Gasteiger partial charge on any atom is 0.271 e. The highest BCUT2D eigenvalue weighted by Gasteiger charge is 2.12. The minimum Gasteiger partial charge on any atom is -0.355 e. The largest absolute Gasteiger partial charge is 0.355 e. The number of carbonyl (C=O) groups excluding carboxylic acids is 1. The third-order valence-corrected chi connectivity index (χ3v) is 3.21. The minimum absolute atomic E-state index is 0.213. The Kier molecular flexibility index (Phi) is 4.89. The molecule has 1 saturated heterocycles. The van der Waals surface area contributed by atoms with Crippen LogP contribution in [0.15, 0.2) is 25.0 Å². The second-order valence-electron chi connectivity index (χ2n) is 4.66. The molecule has 2 rings (SSSR count). The van der Waals surface area contributed by atoms with Gasteiger partial charge in [0, 0.05) is 19.6 Å². The van der Waals surface area contributed by atoms with Gasteiger partial charge in [-0.15, -0.1) is 6.58 Å². The number of nitrogens with one attached hydrogen (secondary N) is 1. The van der Waals surface area contributed by atoms with Crippen molar-refractivity contribution in [2.24, 2.45) is 0 Å². The molecule has 0 aromatic carbocycles. The fraction of sp³-hybridized carbons (Fsp3) is 0.500. The summed E-state index contributed by atoms with van der Waals surface area (Å²) >= 11 is 0. The lowest BCUT2D eigenvalue weighted by Gasteiger charge is -2.20. The van der Waals surface area contributed by atoms with Crippen molar-refractivity contribution < 1.29 is 4.79 Å². The number of rotatable bonds is 4. The second-order valence-corrected chi connectivity index (χ2v) is 4.66. The van der Waals surface area contributed by atoms with Crippen LogP contribution in [0, 0.1) is 0 Å². The molecule has 5 heteroatoms. The lowest BCUT2D eigenvalue weighted by molar-refractivity contribution is 0.0952. The van der Waals surface area contributed by atoms with E-state index in [-0.39, 0.29) is 5.91 Å². The predicted molar refractivity (Wildman–Crippen MR) is 75.2 cm³/mol. The third-order valence-electron chi connectivity index (χ3n) is 3.21. The van der Waals surface area contributed by atoms with E-state index in [1.807, 2.05) is 0 Å². The number of nitrogens with zero attached hydrogens (tertiary/aromatic N) is 3. The summed E-state index contributed by atoms with van der Waals surface area (Å²) in [4.78, 5) is 22.4. The summed E-state index contributed by atoms with van der Waals surface area (Å²) < 4.78 is 0. The maximum atomic E-state index is 11.7. The fourth-order valence-electron chi connectivity index (χ4n) is 2.16. The molecule has 0 unspecified atom stereocenters. The number of aromatic nitrogens is 2. The van der Waals surface area contributed by atoms with Crippen LogP contribution in [0.5, 0.6) is 0 Å². The van der Waals surface area contributed by atoms with E-state index >= 15 is 0 Å². The van der Waals surface area contributed by atoms with Crippen LogP contribution in [0.25, 0.3) is 0 Å². The van der Waals surface area contributed by atoms with E-state index in [1.165, 1.54) is 25.7 Å². The molecule has 0 aliphatic carbocycles. The van der Waals surface area contributed by atoms with Gasteiger partial charge in [0.2, 0.25) is 0 Å². The molecule has 1 N–H and O–H groups in total. The Morgan fingerprint density at radius 1 is 1.26 bits per heavy atom. The molecular formula is C14H20N4O. The highest BCUT2D eigenvalue weighted by Crippen LogP contribution is 2.16. The molecule has 0 radical (unpaired) electrons. The first-order valence-corrected chi connectivity index (χ1v) is 6.77. The van der Waals surface area contributed by atoms with Gasteiger partial charge in [0.1, 0.15) is 11.5 Å². The number of hydrogen-bond acceptors (Lipinski definition) is 4. The molecule has 0 spiro atoms. The minimum atomic E-state index is -0.213. The molecule has 19 heavy (non-hydrogen) atoms. The van der Waals surface area contributed by atoms with Crippen molar-refractivity contribution >= 4 is 11.7 Å². The Morgan fingerprint density at radius 3 is 2.58 bits per heavy atom. The summed E-state index contributed by atoms with van der Waals surface area (Å²) in [6.07, 6.45) is 9.83. The molecule has 0 saturated carbocycles. The normalized spacial score (nSPS) is 15.7. The van der Waals surface area contributed by atoms with Crippen LogP contribution in [0.2, 0.25) is 0 Å². The average Bonchev–Trinajstić information content (AvgIpc) is 2.74. The zero-order chi connectivity index (χ0) is 13.5. The van der Waals surface area contributed by atoms with Crippen molar-refractivity contribution in [3.63, 3.8) is 0 Å². The Hall–Kier alpha value is -1.91. The first kappa shape index (κ1) is 13.5. The van der Waals surface area contributed by atoms with Crippen molar-refractivity contribution in [1.82, 2.24) is 15.3 Å². The van der Waals surface area contributed by atoms with E-state index in [4.69, 9.17) is 0 Å². The third kappa shape index (κ3) is 3.77. The molecule has 1 aromatic heterocycles. The van der Waals surface area contributed by atoms with Gasteiger partial charge >= 0.3 is 0 Å². The molecule has 1 amide bonds. The van der Waals surface area contributed by atoms with Gasteiger partial charge < -0.3 is 10.2 Å². The van der Waals surface area contributed by atoms with Crippen LogP contribution in [-0.2, 0) is 0 Å². The molecule has 1 aliphatic heterocycles. The lowest BCUT2D eigenvalue weighted by Crippen LogP contribution is -2.27. The molecule has 102 valence electrons. The van der Waals surface area contributed by atoms with Crippen LogP contribution in [0.4, 0.5) is 5.82 Å². The predicted octanol–water partition coefficient (Wildman–Crippen LogP) is 1.77. The molecule has 1 aliphatic rings. The topological polar surface area (TPSA) is 58.1 Å². The van der Waals surface area contributed by atoms with Gasteiger partial charge in [0.05, 0.1) is 12.4 Å². The van der Waals surface area contributed by atoms with Gasteiger partial charge in [0.15, 0.2) is 0 Å². The van der Waals surface area contributed by atoms with Crippen molar-refractivity contribution in [3.05, 3.63) is 30.7 Å². The van der Waals surface area contributed by atoms with E-state index in [2.05, 4.69) is 26.8 Å². The van der Waals surface area contributed by atoms with E-state index in [9.17, 15) is 4.79 Å². The van der Waals surface area contributed by atoms with E-state index in [0.717, 1.165) is 18.9 Å². The summed E-state index contributed by atoms with van der Waals surface area (Å²) in [6.45, 7) is 6.04. The summed E-state index contributed by atoms with van der Waals surface area (Å²) in [5, 5.41) is 2.68. The highest BCUT2D eigenvalue weighted by atomic mass is 16.1. The van der Waals surface area contributed by atoms with E-state index in [1.54, 1.807) is 18.5 Å². The zero-order valence-corrected chi connectivity index (χ0v) is 11.1. The molecule has 0 atom stereocenters. The van der Waals surface area contributed by atoms with Crippen LogP contribution < -0.4 is 10.2 Å². The van der Waals surface area contributed by atoms with Crippen LogP contribution >= 0.6 is 0 Å². The van der Waals surface area contributed by atoms with E-state index < -0.39 is 0 Å². The monoisotopic (exact) mass is 260 g/mol. The van der Waals surface area contributed by atoms with E-state index in [0.29, 0.717) is 12.2 Å². The van der Waals surface area contributed by atoms with Crippen molar-refractivity contribution in [3.8, 4) is 0 Å². The smallest absolute Gasteiger partial charge is 0.271 e. The van der Waals surface area contributed by atoms with Crippen molar-refractivity contribution in [1.29, 1.82) is 0 Å². The summed E-state index contributed by atoms with van der Waals surface area (Å²) in [5.41, 5.74) is 0.348. The number of carbonyl (C=O) groups is 1. The van der Waals surface area contributed by atoms with Gasteiger partial charge in [-0.1, -0.05) is 18.9 Å². The van der Waals surface area contributed by atoms with Gasteiger partial charge in [-0.25, -0.2) is 9.97 Å². The molecular weight excluding hydrogens is 240 g/mol. The molecule has 1 aromatic rings. The molecule has 2 heterocycles. The number of anilines is 1. The Morgan fingerprint density at radius 2 is 2.00 bits per heavy atom. The number of hydrogen-bond donors (Lipinski definition) is 1. The van der Waals surface area contributed by atoms with Gasteiger partial charge in [-0.2, -0.15) is 0 Å². The molecule has 0 bridgehead atoms. The Bertz CT molecular complexity index is 422. The first-order valence-electron chi connectivity index (χ1n) is 6.77. The van der Waals surface area contributed by atoms with Crippen LogP contribution in [0.3, 0.4) is 0 Å². The summed E-state index contributed by atoms with van der Waals surface area (Å²) in [7, 11) is 0. The lowest BCUT2D eigenvalue weighted by atomic mass is 10.2. The second kappa shape index (κ2) is 6.87. The van der Waals surface area contributed by atoms with Gasteiger partial charge in [0.25, 0.3) is 5.91 Å². The summed E-state index contributed by atoms with van der Waals surface area (Å²) in [5.74, 6) is 0.650. The van der Waals surface area contributed by atoms with Crippen molar-refractivity contribution in [2.45, 2.75) is 25.7 Å². The Labute approximate surface area is 113 Å². The van der Waals surface area contributed by atoms with Gasteiger partial charge in [-0.05, 0) is 12.8 Å². The molecule has 1 fully saturated rings. The average molecular weight is 260 g/mol. The Balaban J connectivity index is 2.00. The zero-order valence-electron chi connectivity index (χ0n) is 11.1. The fourth-order valence-corrected chi connectivity index (χ4v) is 2.16. The molecule has 5 nitrogen and oxygen atoms in total. The standard InChI is InChI=1S/C14H20N4O/c1-2-7-15-14(19)12-10-17-13(11-16-12)18-8-5-3-4-6-9-18/h2,10-11H,1,3-9H2,(H,15,19). The quantitative estimate of drug-likeness (QED) is 0.838. The first-order chi connectivity index (χ1) is 9.31. The van der Waals surface area contributed by atoms with Crippen molar-refractivity contribution in [2.75, 3.05) is 24.5 Å². The van der Waals surface area contributed by atoms with Gasteiger partial charge in [-0.3, -0.25) is 4.79 Å². The van der Waals surface area contributed by atoms with Crippen LogP contribution in [0.1, 0.15) is 36.2 Å². The highest BCUT2D eigenvalue weighted by molar-refractivity contribution is 5.92. The maximum absolute atomic E-state index is 11.7. The summed E-state index contributed by atoms with van der Waals surface area (Å²) in [6, 6.07) is 0.